The first-order valence-corrected chi connectivity index (χ1v) is 8.43. The summed E-state index contributed by atoms with van der Waals surface area (Å²) >= 11 is 1.49. The summed E-state index contributed by atoms with van der Waals surface area (Å²) in [5.74, 6) is 1.65. The van der Waals surface area contributed by atoms with Gasteiger partial charge in [-0.25, -0.2) is 9.97 Å². The van der Waals surface area contributed by atoms with Gasteiger partial charge in [-0.1, -0.05) is 11.8 Å². The summed E-state index contributed by atoms with van der Waals surface area (Å²) in [5.41, 5.74) is 0. The van der Waals surface area contributed by atoms with Gasteiger partial charge in [0.05, 0.1) is 6.54 Å². The van der Waals surface area contributed by atoms with Crippen LogP contribution in [-0.2, 0) is 4.79 Å². The fourth-order valence-corrected chi connectivity index (χ4v) is 2.31. The summed E-state index contributed by atoms with van der Waals surface area (Å²) in [5, 5.41) is 3.89. The second-order valence-electron chi connectivity index (χ2n) is 4.55. The van der Waals surface area contributed by atoms with Crippen LogP contribution in [-0.4, -0.2) is 60.3 Å². The molecule has 0 saturated heterocycles. The van der Waals surface area contributed by atoms with E-state index in [1.165, 1.54) is 11.8 Å². The van der Waals surface area contributed by atoms with Crippen molar-refractivity contribution < 1.29 is 4.79 Å². The van der Waals surface area contributed by atoms with E-state index in [2.05, 4.69) is 15.3 Å². The highest BCUT2D eigenvalue weighted by molar-refractivity contribution is 7.98. The molecule has 1 aromatic heterocycles. The van der Waals surface area contributed by atoms with Crippen molar-refractivity contribution in [3.8, 4) is 0 Å². The van der Waals surface area contributed by atoms with Gasteiger partial charge in [0.1, 0.15) is 11.6 Å². The maximum Gasteiger partial charge on any atom is 0.242 e. The zero-order valence-corrected chi connectivity index (χ0v) is 14.3. The largest absolute Gasteiger partial charge is 0.370 e. The standard InChI is InChI=1S/C14H25N5OS/c1-6-15-11-9-12(17-14(16-11)21-5)18(4)10-13(20)19(7-2)8-3/h9H,6-8,10H2,1-5H3,(H,15,16,17). The minimum absolute atomic E-state index is 0.108. The number of thioether (sulfide) groups is 1. The van der Waals surface area contributed by atoms with Crippen molar-refractivity contribution in [3.05, 3.63) is 6.07 Å². The maximum atomic E-state index is 12.2. The second kappa shape index (κ2) is 8.71. The molecule has 0 bridgehead atoms. The van der Waals surface area contributed by atoms with Gasteiger partial charge in [0.15, 0.2) is 5.16 Å². The minimum Gasteiger partial charge on any atom is -0.370 e. The van der Waals surface area contributed by atoms with E-state index >= 15 is 0 Å². The molecule has 6 nitrogen and oxygen atoms in total. The molecular formula is C14H25N5OS. The lowest BCUT2D eigenvalue weighted by atomic mass is 10.4. The fraction of sp³-hybridized carbons (Fsp3) is 0.643. The monoisotopic (exact) mass is 311 g/mol. The molecule has 118 valence electrons. The molecule has 0 saturated carbocycles. The first-order valence-electron chi connectivity index (χ1n) is 7.21. The molecule has 0 aromatic carbocycles. The quantitative estimate of drug-likeness (QED) is 0.585. The topological polar surface area (TPSA) is 61.4 Å². The average molecular weight is 311 g/mol. The number of carbonyl (C=O) groups excluding carboxylic acids is 1. The maximum absolute atomic E-state index is 12.2. The molecule has 0 atom stereocenters. The molecule has 0 aliphatic heterocycles. The van der Waals surface area contributed by atoms with Gasteiger partial charge in [-0.05, 0) is 27.0 Å². The van der Waals surface area contributed by atoms with Gasteiger partial charge < -0.3 is 15.1 Å². The molecule has 0 fully saturated rings. The Labute approximate surface area is 131 Å². The summed E-state index contributed by atoms with van der Waals surface area (Å²) in [6, 6.07) is 1.87. The van der Waals surface area contributed by atoms with E-state index in [-0.39, 0.29) is 5.91 Å². The lowest BCUT2D eigenvalue weighted by Gasteiger charge is -2.24. The predicted molar refractivity (Wildman–Crippen MR) is 89.2 cm³/mol. The zero-order valence-electron chi connectivity index (χ0n) is 13.5. The molecule has 1 N–H and O–H groups in total. The predicted octanol–water partition coefficient (Wildman–Crippen LogP) is 1.93. The van der Waals surface area contributed by atoms with E-state index in [4.69, 9.17) is 0 Å². The van der Waals surface area contributed by atoms with E-state index in [0.29, 0.717) is 11.7 Å². The first kappa shape index (κ1) is 17.6. The van der Waals surface area contributed by atoms with Crippen LogP contribution < -0.4 is 10.2 Å². The third-order valence-electron chi connectivity index (χ3n) is 3.11. The number of aromatic nitrogens is 2. The zero-order chi connectivity index (χ0) is 15.8. The van der Waals surface area contributed by atoms with Crippen LogP contribution >= 0.6 is 11.8 Å². The molecule has 7 heteroatoms. The van der Waals surface area contributed by atoms with Gasteiger partial charge in [-0.2, -0.15) is 0 Å². The normalized spacial score (nSPS) is 10.3. The highest BCUT2D eigenvalue weighted by Gasteiger charge is 2.15. The molecule has 1 aromatic rings. The van der Waals surface area contributed by atoms with E-state index < -0.39 is 0 Å². The van der Waals surface area contributed by atoms with Gasteiger partial charge in [-0.3, -0.25) is 4.79 Å². The van der Waals surface area contributed by atoms with Crippen molar-refractivity contribution in [1.29, 1.82) is 0 Å². The number of nitrogens with one attached hydrogen (secondary N) is 1. The Kier molecular flexibility index (Phi) is 7.28. The van der Waals surface area contributed by atoms with Gasteiger partial charge in [0.25, 0.3) is 0 Å². The van der Waals surface area contributed by atoms with Crippen molar-refractivity contribution in [2.24, 2.45) is 0 Å². The molecule has 1 amide bonds. The van der Waals surface area contributed by atoms with Crippen molar-refractivity contribution in [2.75, 3.05) is 49.7 Å². The number of anilines is 2. The Morgan fingerprint density at radius 3 is 2.48 bits per heavy atom. The Bertz CT molecular complexity index is 465. The highest BCUT2D eigenvalue weighted by atomic mass is 32.2. The minimum atomic E-state index is 0.108. The molecule has 0 unspecified atom stereocenters. The number of hydrogen-bond acceptors (Lipinski definition) is 6. The Hall–Kier alpha value is -1.50. The first-order chi connectivity index (χ1) is 10.0. The van der Waals surface area contributed by atoms with Crippen molar-refractivity contribution in [2.45, 2.75) is 25.9 Å². The number of nitrogens with zero attached hydrogens (tertiary/aromatic N) is 4. The fourth-order valence-electron chi connectivity index (χ4n) is 1.93. The van der Waals surface area contributed by atoms with Gasteiger partial charge in [-0.15, -0.1) is 0 Å². The van der Waals surface area contributed by atoms with Crippen molar-refractivity contribution >= 4 is 29.3 Å². The SMILES string of the molecule is CCNc1cc(N(C)CC(=O)N(CC)CC)nc(SC)n1. The van der Waals surface area contributed by atoms with Crippen LogP contribution in [0.1, 0.15) is 20.8 Å². The lowest BCUT2D eigenvalue weighted by molar-refractivity contribution is -0.129. The van der Waals surface area contributed by atoms with Crippen LogP contribution in [0, 0.1) is 0 Å². The highest BCUT2D eigenvalue weighted by Crippen LogP contribution is 2.19. The Morgan fingerprint density at radius 2 is 1.95 bits per heavy atom. The van der Waals surface area contributed by atoms with Crippen LogP contribution in [0.4, 0.5) is 11.6 Å². The van der Waals surface area contributed by atoms with Crippen LogP contribution in [0.3, 0.4) is 0 Å². The van der Waals surface area contributed by atoms with Crippen LogP contribution in [0.5, 0.6) is 0 Å². The number of likely N-dealkylation sites (N-methyl/N-ethyl adjacent to an activating group) is 2. The van der Waals surface area contributed by atoms with Crippen molar-refractivity contribution in [3.63, 3.8) is 0 Å². The number of rotatable bonds is 8. The summed E-state index contributed by atoms with van der Waals surface area (Å²) in [6.07, 6.45) is 1.94. The van der Waals surface area contributed by atoms with Gasteiger partial charge >= 0.3 is 0 Å². The van der Waals surface area contributed by atoms with E-state index in [0.717, 1.165) is 31.3 Å². The van der Waals surface area contributed by atoms with Crippen LogP contribution in [0.15, 0.2) is 11.2 Å². The number of carbonyl (C=O) groups is 1. The molecule has 0 aliphatic rings. The smallest absolute Gasteiger partial charge is 0.242 e. The van der Waals surface area contributed by atoms with Crippen LogP contribution in [0.25, 0.3) is 0 Å². The average Bonchev–Trinajstić information content (AvgIpc) is 2.48. The molecule has 1 heterocycles. The Balaban J connectivity index is 2.87. The van der Waals surface area contributed by atoms with E-state index in [1.807, 2.05) is 49.9 Å². The summed E-state index contributed by atoms with van der Waals surface area (Å²) in [7, 11) is 1.88. The second-order valence-corrected chi connectivity index (χ2v) is 5.32. The van der Waals surface area contributed by atoms with E-state index in [9.17, 15) is 4.79 Å². The number of amides is 1. The van der Waals surface area contributed by atoms with Gasteiger partial charge in [0.2, 0.25) is 5.91 Å². The van der Waals surface area contributed by atoms with Crippen LogP contribution in [0.2, 0.25) is 0 Å². The Morgan fingerprint density at radius 1 is 1.29 bits per heavy atom. The van der Waals surface area contributed by atoms with Crippen molar-refractivity contribution in [1.82, 2.24) is 14.9 Å². The molecule has 0 spiro atoms. The lowest BCUT2D eigenvalue weighted by Crippen LogP contribution is -2.39. The van der Waals surface area contributed by atoms with E-state index in [1.54, 1.807) is 0 Å². The summed E-state index contributed by atoms with van der Waals surface area (Å²) < 4.78 is 0. The molecule has 0 aliphatic carbocycles. The molecule has 0 radical (unpaired) electrons. The third-order valence-corrected chi connectivity index (χ3v) is 3.66. The van der Waals surface area contributed by atoms with Gasteiger partial charge in [0, 0.05) is 32.7 Å². The molecular weight excluding hydrogens is 286 g/mol. The third kappa shape index (κ3) is 5.08. The summed E-state index contributed by atoms with van der Waals surface area (Å²) in [6.45, 7) is 8.57. The molecule has 21 heavy (non-hydrogen) atoms. The number of hydrogen-bond donors (Lipinski definition) is 1. The molecule has 1 rings (SSSR count). The summed E-state index contributed by atoms with van der Waals surface area (Å²) in [4.78, 5) is 24.7.